The Labute approximate surface area is 111 Å². The van der Waals surface area contributed by atoms with E-state index < -0.39 is 0 Å². The molecule has 0 amide bonds. The molecule has 0 saturated carbocycles. The Hall–Kier alpha value is 0.897. The number of rotatable bonds is 0. The third kappa shape index (κ3) is 2270. The first-order chi connectivity index (χ1) is 0. The van der Waals surface area contributed by atoms with E-state index in [-0.39, 0.29) is 111 Å². The maximum absolute atomic E-state index is 0. The summed E-state index contributed by atoms with van der Waals surface area (Å²) in [6.45, 7) is 0. The molecule has 0 aromatic rings. The maximum atomic E-state index is 0. The van der Waals surface area contributed by atoms with Gasteiger partial charge in [0.15, 0.2) is 0 Å². The van der Waals surface area contributed by atoms with Gasteiger partial charge in [0.25, 0.3) is 0 Å². The summed E-state index contributed by atoms with van der Waals surface area (Å²) in [5, 5.41) is 0. The molecule has 0 rings (SSSR count). The first kappa shape index (κ1) is 3580. The molecule has 0 atom stereocenters. The van der Waals surface area contributed by atoms with Crippen molar-refractivity contribution in [3.05, 3.63) is 0 Å². The predicted octanol–water partition coefficient (Wildman–Crippen LogP) is -2.51. The summed E-state index contributed by atoms with van der Waals surface area (Å²) in [6.07, 6.45) is 0. The van der Waals surface area contributed by atoms with Crippen molar-refractivity contribution in [3.63, 3.8) is 0 Å². The van der Waals surface area contributed by atoms with Crippen molar-refractivity contribution in [1.29, 1.82) is 0 Å². The van der Waals surface area contributed by atoms with Gasteiger partial charge >= 0.3 is 0 Å². The van der Waals surface area contributed by atoms with Crippen molar-refractivity contribution in [3.8, 4) is 0 Å². The standard InChI is InChI=1S/2Mo.4H3N.8H2O/h;;4*1H3;8*1H2. The summed E-state index contributed by atoms with van der Waals surface area (Å²) in [7, 11) is 0. The smallest absolute Gasteiger partial charge is 0 e. The second-order valence-electron chi connectivity index (χ2n) is 0. The molecule has 0 heterocycles. The van der Waals surface area contributed by atoms with Crippen LogP contribution in [0.4, 0.5) is 0 Å². The summed E-state index contributed by atoms with van der Waals surface area (Å²) < 4.78 is 0. The second kappa shape index (κ2) is 2880. The van der Waals surface area contributed by atoms with E-state index in [2.05, 4.69) is 0 Å². The van der Waals surface area contributed by atoms with E-state index in [4.69, 9.17) is 0 Å². The molecule has 0 spiro atoms. The van der Waals surface area contributed by atoms with E-state index in [1.54, 1.807) is 0 Å². The Morgan fingerprint density at radius 2 is 0.286 bits per heavy atom. The van der Waals surface area contributed by atoms with Gasteiger partial charge in [-0.05, 0) is 0 Å². The first-order valence-corrected chi connectivity index (χ1v) is 0. The van der Waals surface area contributed by atoms with Gasteiger partial charge in [-0.3, -0.25) is 0 Å². The molecule has 0 fully saturated rings. The molecule has 14 heavy (non-hydrogen) atoms. The number of hydrogen-bond donors (Lipinski definition) is 4. The molecule has 0 radical (unpaired) electrons. The summed E-state index contributed by atoms with van der Waals surface area (Å²) in [5.74, 6) is 0. The van der Waals surface area contributed by atoms with Crippen LogP contribution in [0.15, 0.2) is 0 Å². The van der Waals surface area contributed by atoms with Crippen LogP contribution >= 0.6 is 0 Å². The van der Waals surface area contributed by atoms with Crippen molar-refractivity contribution in [1.82, 2.24) is 24.6 Å². The maximum Gasteiger partial charge on any atom is 0 e. The Morgan fingerprint density at radius 1 is 0.286 bits per heavy atom. The Balaban J connectivity index is 0. The van der Waals surface area contributed by atoms with E-state index in [0.717, 1.165) is 0 Å². The Morgan fingerprint density at radius 3 is 0.286 bits per heavy atom. The summed E-state index contributed by atoms with van der Waals surface area (Å²) in [6, 6.07) is 0. The molecule has 0 bridgehead atoms. The van der Waals surface area contributed by atoms with Gasteiger partial charge < -0.3 is 68.4 Å². The van der Waals surface area contributed by atoms with Crippen molar-refractivity contribution >= 4 is 0 Å². The predicted molar refractivity (Wildman–Crippen MR) is 46.1 cm³/mol. The van der Waals surface area contributed by atoms with Gasteiger partial charge in [-0.2, -0.15) is 0 Å². The van der Waals surface area contributed by atoms with Gasteiger partial charge in [-0.25, -0.2) is 0 Å². The van der Waals surface area contributed by atoms with Crippen LogP contribution in [0.2, 0.25) is 0 Å². The molecule has 12 nitrogen and oxygen atoms in total. The molecule has 0 saturated heterocycles. The van der Waals surface area contributed by atoms with E-state index in [1.807, 2.05) is 0 Å². The van der Waals surface area contributed by atoms with E-state index in [1.165, 1.54) is 0 Å². The SMILES string of the molecule is O.O.O.O.[Mo].[Mo].[NH4+].[NH4+].[NH4+].[NH4+].[OH-].[OH-].[OH-].[OH-]. The van der Waals surface area contributed by atoms with Crippen molar-refractivity contribution < 1.29 is 85.9 Å². The molecule has 0 aliphatic heterocycles. The van der Waals surface area contributed by atoms with E-state index in [0.29, 0.717) is 0 Å². The minimum Gasteiger partial charge on any atom is -0.870 e. The first-order valence-electron chi connectivity index (χ1n) is 0. The monoisotopic (exact) mass is 408 g/mol. The minimum absolute atomic E-state index is 0. The average Bonchev–Trinajstić information content (AvgIpc) is 0. The van der Waals surface area contributed by atoms with Crippen molar-refractivity contribution in [2.45, 2.75) is 0 Å². The molecule has 0 aromatic heterocycles. The molecule has 108 valence electrons. The van der Waals surface area contributed by atoms with Crippen LogP contribution in [0.1, 0.15) is 0 Å². The minimum atomic E-state index is 0. The zero-order valence-corrected chi connectivity index (χ0v) is 12.6. The van der Waals surface area contributed by atoms with Crippen LogP contribution < -0.4 is 24.6 Å². The fourth-order valence-electron chi connectivity index (χ4n) is 0. The van der Waals surface area contributed by atoms with Gasteiger partial charge in [-0.1, -0.05) is 0 Å². The van der Waals surface area contributed by atoms with E-state index >= 15 is 0 Å². The molecule has 0 unspecified atom stereocenters. The fourth-order valence-corrected chi connectivity index (χ4v) is 0. The van der Waals surface area contributed by atoms with Crippen molar-refractivity contribution in [2.75, 3.05) is 0 Å². The van der Waals surface area contributed by atoms with Gasteiger partial charge in [0.2, 0.25) is 0 Å². The third-order valence-corrected chi connectivity index (χ3v) is 0. The molecule has 28 N–H and O–H groups in total. The molecule has 14 heteroatoms. The van der Waals surface area contributed by atoms with E-state index in [9.17, 15) is 0 Å². The zero-order valence-electron chi connectivity index (χ0n) is 8.61. The van der Waals surface area contributed by atoms with Gasteiger partial charge in [-0.15, -0.1) is 0 Å². The van der Waals surface area contributed by atoms with Crippen LogP contribution in [0, 0.1) is 0 Å². The molecular weight excluding hydrogens is 376 g/mol. The zero-order chi connectivity index (χ0) is 0. The van der Waals surface area contributed by atoms with Crippen LogP contribution in [0.25, 0.3) is 0 Å². The number of quaternary nitrogens is 4. The summed E-state index contributed by atoms with van der Waals surface area (Å²) >= 11 is 0. The summed E-state index contributed by atoms with van der Waals surface area (Å²) in [4.78, 5) is 0. The largest absolute Gasteiger partial charge is 0.870 e. The van der Waals surface area contributed by atoms with Crippen LogP contribution in [-0.2, 0) is 42.1 Å². The van der Waals surface area contributed by atoms with Gasteiger partial charge in [0.05, 0.1) is 0 Å². The second-order valence-corrected chi connectivity index (χ2v) is 0. The average molecular weight is 404 g/mol. The normalized spacial score (nSPS) is 0. The topological polar surface area (TPSA) is 392 Å². The third-order valence-electron chi connectivity index (χ3n) is 0. The van der Waals surface area contributed by atoms with Gasteiger partial charge in [0.1, 0.15) is 0 Å². The fraction of sp³-hybridized carbons (Fsp3) is 0. The van der Waals surface area contributed by atoms with Crippen molar-refractivity contribution in [2.24, 2.45) is 0 Å². The molecule has 0 aromatic carbocycles. The summed E-state index contributed by atoms with van der Waals surface area (Å²) in [5.41, 5.74) is 0. The quantitative estimate of drug-likeness (QED) is 0.317. The molecule has 0 aliphatic rings. The Bertz CT molecular complexity index is 19.3. The number of hydrogen-bond acceptors (Lipinski definition) is 4. The molecular formula is H28Mo2N4O8. The molecule has 0 aliphatic carbocycles. The Kier molecular flexibility index (Phi) is 735000. The van der Waals surface area contributed by atoms with Crippen LogP contribution in [0.3, 0.4) is 0 Å². The van der Waals surface area contributed by atoms with Crippen LogP contribution in [-0.4, -0.2) is 43.8 Å². The van der Waals surface area contributed by atoms with Gasteiger partial charge in [0, 0.05) is 42.1 Å². The van der Waals surface area contributed by atoms with Crippen LogP contribution in [0.5, 0.6) is 0 Å².